The van der Waals surface area contributed by atoms with E-state index in [1.165, 1.54) is 4.57 Å². The average Bonchev–Trinajstić information content (AvgIpc) is 3.43. The summed E-state index contributed by atoms with van der Waals surface area (Å²) in [6.45, 7) is 5.40. The number of ether oxygens (including phenoxy) is 1. The van der Waals surface area contributed by atoms with Crippen LogP contribution >= 0.6 is 0 Å². The predicted octanol–water partition coefficient (Wildman–Crippen LogP) is 3.19. The molecule has 2 aromatic heterocycles. The molecule has 32 heavy (non-hydrogen) atoms. The number of hydrogen-bond donors (Lipinski definition) is 0. The van der Waals surface area contributed by atoms with E-state index in [9.17, 15) is 9.59 Å². The standard InChI is InChI=1S/C25H26N4O3/c1-17-7-5-9-19(13-17)14-27-16-26-23-22(27)24(30)28(15-20-10-6-12-32-20)25(31)29(23)21-11-4-3-8-18(21)2/h3-5,7-9,11,13,16,20H,6,10,12,14-15H2,1-2H3/t20-/m0/s1. The van der Waals surface area contributed by atoms with Crippen molar-refractivity contribution in [2.75, 3.05) is 6.61 Å². The van der Waals surface area contributed by atoms with Crippen LogP contribution < -0.4 is 11.2 Å². The van der Waals surface area contributed by atoms with Gasteiger partial charge in [0.1, 0.15) is 0 Å². The molecular weight excluding hydrogens is 404 g/mol. The first-order valence-corrected chi connectivity index (χ1v) is 11.0. The number of rotatable bonds is 5. The minimum atomic E-state index is -0.381. The van der Waals surface area contributed by atoms with Gasteiger partial charge in [-0.3, -0.25) is 9.36 Å². The highest BCUT2D eigenvalue weighted by molar-refractivity contribution is 5.73. The van der Waals surface area contributed by atoms with Gasteiger partial charge in [-0.05, 0) is 43.9 Å². The maximum atomic E-state index is 13.6. The van der Waals surface area contributed by atoms with E-state index < -0.39 is 0 Å². The lowest BCUT2D eigenvalue weighted by Gasteiger charge is -2.16. The van der Waals surface area contributed by atoms with Gasteiger partial charge in [0.05, 0.1) is 24.7 Å². The van der Waals surface area contributed by atoms with Crippen LogP contribution in [0.15, 0.2) is 64.4 Å². The molecule has 1 fully saturated rings. The molecule has 0 unspecified atom stereocenters. The van der Waals surface area contributed by atoms with E-state index in [0.717, 1.165) is 35.2 Å². The Morgan fingerprint density at radius 1 is 1.09 bits per heavy atom. The van der Waals surface area contributed by atoms with E-state index in [0.29, 0.717) is 24.3 Å². The smallest absolute Gasteiger partial charge is 0.337 e. The van der Waals surface area contributed by atoms with Gasteiger partial charge in [0.15, 0.2) is 11.2 Å². The number of hydrogen-bond acceptors (Lipinski definition) is 4. The van der Waals surface area contributed by atoms with Crippen LogP contribution in [0.3, 0.4) is 0 Å². The largest absolute Gasteiger partial charge is 0.376 e. The molecule has 5 rings (SSSR count). The number of para-hydroxylation sites is 1. The maximum Gasteiger partial charge on any atom is 0.337 e. The summed E-state index contributed by atoms with van der Waals surface area (Å²) in [4.78, 5) is 31.7. The van der Waals surface area contributed by atoms with E-state index in [2.05, 4.69) is 11.1 Å². The summed E-state index contributed by atoms with van der Waals surface area (Å²) in [5.41, 5.74) is 3.99. The molecule has 2 aromatic carbocycles. The molecule has 0 bridgehead atoms. The third kappa shape index (κ3) is 3.58. The van der Waals surface area contributed by atoms with Crippen LogP contribution in [0.4, 0.5) is 0 Å². The number of nitrogens with zero attached hydrogens (tertiary/aromatic N) is 4. The van der Waals surface area contributed by atoms with E-state index >= 15 is 0 Å². The average molecular weight is 431 g/mol. The van der Waals surface area contributed by atoms with Gasteiger partial charge in [0.2, 0.25) is 0 Å². The first-order chi connectivity index (χ1) is 15.5. The molecule has 3 heterocycles. The molecule has 0 aliphatic carbocycles. The first kappa shape index (κ1) is 20.5. The fourth-order valence-electron chi connectivity index (χ4n) is 4.49. The van der Waals surface area contributed by atoms with Crippen LogP contribution in [0.1, 0.15) is 29.5 Å². The maximum absolute atomic E-state index is 13.6. The summed E-state index contributed by atoms with van der Waals surface area (Å²) >= 11 is 0. The molecule has 7 heteroatoms. The van der Waals surface area contributed by atoms with Crippen LogP contribution in [0, 0.1) is 13.8 Å². The zero-order valence-corrected chi connectivity index (χ0v) is 18.3. The Balaban J connectivity index is 1.75. The van der Waals surface area contributed by atoms with Gasteiger partial charge >= 0.3 is 5.69 Å². The summed E-state index contributed by atoms with van der Waals surface area (Å²) in [6, 6.07) is 15.8. The van der Waals surface area contributed by atoms with E-state index in [-0.39, 0.29) is 23.9 Å². The minimum Gasteiger partial charge on any atom is -0.376 e. The quantitative estimate of drug-likeness (QED) is 0.488. The number of fused-ring (bicyclic) bond motifs is 1. The summed E-state index contributed by atoms with van der Waals surface area (Å²) in [5.74, 6) is 0. The van der Waals surface area contributed by atoms with Gasteiger partial charge < -0.3 is 9.30 Å². The highest BCUT2D eigenvalue weighted by Crippen LogP contribution is 2.19. The Morgan fingerprint density at radius 2 is 1.94 bits per heavy atom. The Hall–Kier alpha value is -3.45. The molecule has 164 valence electrons. The second-order valence-corrected chi connectivity index (χ2v) is 8.49. The fourth-order valence-corrected chi connectivity index (χ4v) is 4.49. The van der Waals surface area contributed by atoms with Crippen molar-refractivity contribution in [3.05, 3.63) is 92.4 Å². The number of aromatic nitrogens is 4. The molecule has 0 amide bonds. The zero-order valence-electron chi connectivity index (χ0n) is 18.3. The van der Waals surface area contributed by atoms with Gasteiger partial charge in [0, 0.05) is 13.2 Å². The van der Waals surface area contributed by atoms with Crippen molar-refractivity contribution in [3.63, 3.8) is 0 Å². The number of benzene rings is 2. The summed E-state index contributed by atoms with van der Waals surface area (Å²) < 4.78 is 10.5. The zero-order chi connectivity index (χ0) is 22.2. The predicted molar refractivity (Wildman–Crippen MR) is 124 cm³/mol. The Morgan fingerprint density at radius 3 is 2.69 bits per heavy atom. The molecular formula is C25H26N4O3. The first-order valence-electron chi connectivity index (χ1n) is 11.0. The molecule has 1 aliphatic heterocycles. The van der Waals surface area contributed by atoms with Crippen molar-refractivity contribution in [2.24, 2.45) is 0 Å². The lowest BCUT2D eigenvalue weighted by Crippen LogP contribution is -2.42. The number of aryl methyl sites for hydroxylation is 2. The van der Waals surface area contributed by atoms with E-state index in [1.807, 2.05) is 60.9 Å². The van der Waals surface area contributed by atoms with Gasteiger partial charge in [-0.15, -0.1) is 0 Å². The minimum absolute atomic E-state index is 0.128. The van der Waals surface area contributed by atoms with Crippen molar-refractivity contribution < 1.29 is 4.74 Å². The van der Waals surface area contributed by atoms with Gasteiger partial charge in [-0.1, -0.05) is 48.0 Å². The Bertz CT molecular complexity index is 1410. The van der Waals surface area contributed by atoms with Crippen molar-refractivity contribution in [3.8, 4) is 5.69 Å². The monoisotopic (exact) mass is 430 g/mol. The van der Waals surface area contributed by atoms with E-state index in [4.69, 9.17) is 4.74 Å². The molecule has 1 saturated heterocycles. The van der Waals surface area contributed by atoms with Gasteiger partial charge in [-0.2, -0.15) is 0 Å². The second-order valence-electron chi connectivity index (χ2n) is 8.49. The van der Waals surface area contributed by atoms with Crippen LogP contribution in [0.5, 0.6) is 0 Å². The van der Waals surface area contributed by atoms with Gasteiger partial charge in [-0.25, -0.2) is 14.3 Å². The topological polar surface area (TPSA) is 71.1 Å². The molecule has 0 spiro atoms. The normalized spacial score (nSPS) is 16.1. The second kappa shape index (κ2) is 8.24. The molecule has 0 saturated carbocycles. The third-order valence-electron chi connectivity index (χ3n) is 6.10. The van der Waals surface area contributed by atoms with Crippen LogP contribution in [0.2, 0.25) is 0 Å². The Kier molecular flexibility index (Phi) is 5.27. The third-order valence-corrected chi connectivity index (χ3v) is 6.10. The van der Waals surface area contributed by atoms with Crippen molar-refractivity contribution in [1.29, 1.82) is 0 Å². The van der Waals surface area contributed by atoms with Crippen molar-refractivity contribution in [1.82, 2.24) is 18.7 Å². The molecule has 0 radical (unpaired) electrons. The molecule has 4 aromatic rings. The highest BCUT2D eigenvalue weighted by atomic mass is 16.5. The lowest BCUT2D eigenvalue weighted by atomic mass is 10.1. The van der Waals surface area contributed by atoms with Crippen molar-refractivity contribution in [2.45, 2.75) is 45.9 Å². The highest BCUT2D eigenvalue weighted by Gasteiger charge is 2.24. The SMILES string of the molecule is Cc1cccc(Cn2cnc3c2c(=O)n(C[C@@H]2CCCO2)c(=O)n3-c2ccccc2C)c1. The lowest BCUT2D eigenvalue weighted by molar-refractivity contribution is 0.0950. The molecule has 7 nitrogen and oxygen atoms in total. The van der Waals surface area contributed by atoms with Crippen molar-refractivity contribution >= 4 is 11.2 Å². The molecule has 0 N–H and O–H groups in total. The summed E-state index contributed by atoms with van der Waals surface area (Å²) in [7, 11) is 0. The van der Waals surface area contributed by atoms with E-state index in [1.54, 1.807) is 10.9 Å². The van der Waals surface area contributed by atoms with Crippen LogP contribution in [-0.4, -0.2) is 31.4 Å². The fraction of sp³-hybridized carbons (Fsp3) is 0.320. The van der Waals surface area contributed by atoms with Crippen LogP contribution in [-0.2, 0) is 17.8 Å². The molecule has 1 atom stereocenters. The molecule has 1 aliphatic rings. The summed E-state index contributed by atoms with van der Waals surface area (Å²) in [5, 5.41) is 0. The Labute approximate surface area is 185 Å². The summed E-state index contributed by atoms with van der Waals surface area (Å²) in [6.07, 6.45) is 3.31. The number of imidazole rings is 1. The van der Waals surface area contributed by atoms with Gasteiger partial charge in [0.25, 0.3) is 5.56 Å². The van der Waals surface area contributed by atoms with Crippen LogP contribution in [0.25, 0.3) is 16.9 Å².